The van der Waals surface area contributed by atoms with Crippen molar-refractivity contribution in [1.29, 1.82) is 0 Å². The maximum atomic E-state index is 6.25. The smallest absolute Gasteiger partial charge is 0.187 e. The lowest BCUT2D eigenvalue weighted by Crippen LogP contribution is -2.61. The van der Waals surface area contributed by atoms with Gasteiger partial charge in [0.25, 0.3) is 0 Å². The lowest BCUT2D eigenvalue weighted by atomic mass is 9.98. The Bertz CT molecular complexity index is 626. The molecule has 0 bridgehead atoms. The molecule has 0 unspecified atom stereocenters. The van der Waals surface area contributed by atoms with Crippen LogP contribution in [0.4, 0.5) is 0 Å². The van der Waals surface area contributed by atoms with Crippen molar-refractivity contribution in [3.8, 4) is 0 Å². The fourth-order valence-electron chi connectivity index (χ4n) is 3.71. The molecule has 0 radical (unpaired) electrons. The van der Waals surface area contributed by atoms with E-state index in [1.54, 1.807) is 28.4 Å². The molecule has 1 saturated heterocycles. The summed E-state index contributed by atoms with van der Waals surface area (Å²) in [4.78, 5) is 0. The van der Waals surface area contributed by atoms with E-state index in [0.717, 1.165) is 5.56 Å². The highest BCUT2D eigenvalue weighted by molar-refractivity contribution is 5.13. The maximum absolute atomic E-state index is 6.25. The van der Waals surface area contributed by atoms with E-state index >= 15 is 0 Å². The predicted molar refractivity (Wildman–Crippen MR) is 126 cm³/mol. The van der Waals surface area contributed by atoms with Gasteiger partial charge in [-0.1, -0.05) is 44.2 Å². The first-order valence-corrected chi connectivity index (χ1v) is 11.7. The second-order valence-corrected chi connectivity index (χ2v) is 8.48. The molecule has 1 aromatic rings. The zero-order chi connectivity index (χ0) is 24.8. The van der Waals surface area contributed by atoms with Gasteiger partial charge in [-0.15, -0.1) is 0 Å². The molecule has 1 aliphatic heterocycles. The number of benzene rings is 1. The number of methoxy groups -OCH3 is 4. The second kappa shape index (κ2) is 16.5. The molecule has 0 spiro atoms. The molecule has 196 valence electrons. The molecule has 1 aromatic carbocycles. The molecule has 1 fully saturated rings. The van der Waals surface area contributed by atoms with Crippen LogP contribution in [-0.4, -0.2) is 98.5 Å². The molecule has 0 saturated carbocycles. The van der Waals surface area contributed by atoms with E-state index in [-0.39, 0.29) is 6.61 Å². The van der Waals surface area contributed by atoms with Crippen molar-refractivity contribution in [2.75, 3.05) is 61.5 Å². The van der Waals surface area contributed by atoms with Gasteiger partial charge in [0, 0.05) is 35.0 Å². The maximum Gasteiger partial charge on any atom is 0.187 e. The standard InChI is InChI=1S/C25H42O9/c1-18(2)14-31-16-20-22(28-5)23(29-6)24(25(34-20)33-17-21(26-3)27-4)32-13-12-30-15-19-10-8-7-9-11-19/h7-11,18,20-25H,12-17H2,1-6H3/t20-,22-,23+,24+,25+/m1/s1. The molecule has 0 aliphatic carbocycles. The Morgan fingerprint density at radius 1 is 0.794 bits per heavy atom. The molecule has 1 heterocycles. The fourth-order valence-corrected chi connectivity index (χ4v) is 3.71. The summed E-state index contributed by atoms with van der Waals surface area (Å²) in [5.41, 5.74) is 1.10. The highest BCUT2D eigenvalue weighted by Gasteiger charge is 2.48. The van der Waals surface area contributed by atoms with Crippen molar-refractivity contribution in [3.63, 3.8) is 0 Å². The topological polar surface area (TPSA) is 83.1 Å². The van der Waals surface area contributed by atoms with E-state index in [4.69, 9.17) is 42.6 Å². The summed E-state index contributed by atoms with van der Waals surface area (Å²) in [6, 6.07) is 9.99. The monoisotopic (exact) mass is 486 g/mol. The zero-order valence-electron chi connectivity index (χ0n) is 21.3. The quantitative estimate of drug-likeness (QED) is 0.244. The summed E-state index contributed by atoms with van der Waals surface area (Å²) in [5.74, 6) is 0.408. The van der Waals surface area contributed by atoms with Crippen LogP contribution >= 0.6 is 0 Å². The van der Waals surface area contributed by atoms with Gasteiger partial charge in [-0.3, -0.25) is 0 Å². The highest BCUT2D eigenvalue weighted by atomic mass is 16.7. The molecule has 34 heavy (non-hydrogen) atoms. The zero-order valence-corrected chi connectivity index (χ0v) is 21.3. The van der Waals surface area contributed by atoms with E-state index in [1.165, 1.54) is 0 Å². The summed E-state index contributed by atoms with van der Waals surface area (Å²) in [5, 5.41) is 0. The summed E-state index contributed by atoms with van der Waals surface area (Å²) >= 11 is 0. The van der Waals surface area contributed by atoms with Crippen molar-refractivity contribution >= 4 is 0 Å². The Hall–Kier alpha value is -1.14. The Morgan fingerprint density at radius 3 is 2.12 bits per heavy atom. The van der Waals surface area contributed by atoms with Crippen molar-refractivity contribution in [2.45, 2.75) is 57.5 Å². The van der Waals surface area contributed by atoms with Gasteiger partial charge in [0.2, 0.25) is 0 Å². The van der Waals surface area contributed by atoms with Crippen LogP contribution in [0.2, 0.25) is 0 Å². The van der Waals surface area contributed by atoms with Crippen molar-refractivity contribution in [1.82, 2.24) is 0 Å². The van der Waals surface area contributed by atoms with Crippen molar-refractivity contribution in [2.24, 2.45) is 5.92 Å². The Labute approximate surface area is 203 Å². The summed E-state index contributed by atoms with van der Waals surface area (Å²) in [6.07, 6.45) is -3.04. The van der Waals surface area contributed by atoms with Crippen molar-refractivity contribution in [3.05, 3.63) is 35.9 Å². The molecule has 2 rings (SSSR count). The molecule has 0 amide bonds. The lowest BCUT2D eigenvalue weighted by molar-refractivity contribution is -0.327. The van der Waals surface area contributed by atoms with Gasteiger partial charge in [0.1, 0.15) is 31.0 Å². The normalized spacial score (nSPS) is 25.4. The number of hydrogen-bond acceptors (Lipinski definition) is 9. The molecule has 9 heteroatoms. The van der Waals surface area contributed by atoms with Crippen LogP contribution in [-0.2, 0) is 49.2 Å². The van der Waals surface area contributed by atoms with Crippen LogP contribution in [0.1, 0.15) is 19.4 Å². The third-order valence-corrected chi connectivity index (χ3v) is 5.44. The van der Waals surface area contributed by atoms with E-state index < -0.39 is 37.0 Å². The second-order valence-electron chi connectivity index (χ2n) is 8.48. The minimum atomic E-state index is -0.731. The predicted octanol–water partition coefficient (Wildman–Crippen LogP) is 2.65. The van der Waals surface area contributed by atoms with Crippen molar-refractivity contribution < 1.29 is 42.6 Å². The summed E-state index contributed by atoms with van der Waals surface area (Å²) in [7, 11) is 6.36. The van der Waals surface area contributed by atoms with Gasteiger partial charge in [-0.05, 0) is 11.5 Å². The van der Waals surface area contributed by atoms with E-state index in [2.05, 4.69) is 13.8 Å². The molecule has 1 aliphatic rings. The largest absolute Gasteiger partial charge is 0.378 e. The van der Waals surface area contributed by atoms with Gasteiger partial charge in [0.05, 0.1) is 26.4 Å². The summed E-state index contributed by atoms with van der Waals surface area (Å²) < 4.78 is 52.1. The first kappa shape index (κ1) is 29.1. The minimum Gasteiger partial charge on any atom is -0.378 e. The van der Waals surface area contributed by atoms with Crippen LogP contribution in [0.3, 0.4) is 0 Å². The van der Waals surface area contributed by atoms with Crippen LogP contribution in [0.15, 0.2) is 30.3 Å². The Balaban J connectivity index is 2.01. The van der Waals surface area contributed by atoms with Crippen LogP contribution in [0.25, 0.3) is 0 Å². The lowest BCUT2D eigenvalue weighted by Gasteiger charge is -2.45. The molecule has 5 atom stereocenters. The van der Waals surface area contributed by atoms with Gasteiger partial charge in [0.15, 0.2) is 12.6 Å². The Kier molecular flexibility index (Phi) is 14.1. The first-order chi connectivity index (χ1) is 16.5. The number of hydrogen-bond donors (Lipinski definition) is 0. The van der Waals surface area contributed by atoms with E-state index in [1.807, 2.05) is 30.3 Å². The third kappa shape index (κ3) is 9.49. The van der Waals surface area contributed by atoms with Crippen LogP contribution in [0.5, 0.6) is 0 Å². The minimum absolute atomic E-state index is 0.162. The SMILES string of the molecule is COC(CO[C@H]1O[C@H](COCC(C)C)[C@@H](OC)[C@H](OC)[C@@H]1OCCOCc1ccccc1)OC. The van der Waals surface area contributed by atoms with Gasteiger partial charge in [-0.2, -0.15) is 0 Å². The molecular weight excluding hydrogens is 444 g/mol. The first-order valence-electron chi connectivity index (χ1n) is 11.7. The van der Waals surface area contributed by atoms with Gasteiger partial charge >= 0.3 is 0 Å². The average molecular weight is 487 g/mol. The van der Waals surface area contributed by atoms with E-state index in [0.29, 0.717) is 39.0 Å². The molecule has 0 aromatic heterocycles. The fraction of sp³-hybridized carbons (Fsp3) is 0.760. The Morgan fingerprint density at radius 2 is 1.50 bits per heavy atom. The highest BCUT2D eigenvalue weighted by Crippen LogP contribution is 2.29. The third-order valence-electron chi connectivity index (χ3n) is 5.44. The number of ether oxygens (including phenoxy) is 9. The van der Waals surface area contributed by atoms with Crippen LogP contribution in [0, 0.1) is 5.92 Å². The summed E-state index contributed by atoms with van der Waals surface area (Å²) in [6.45, 7) is 6.58. The average Bonchev–Trinajstić information content (AvgIpc) is 2.85. The molecule has 0 N–H and O–H groups in total. The number of rotatable bonds is 17. The van der Waals surface area contributed by atoms with E-state index in [9.17, 15) is 0 Å². The van der Waals surface area contributed by atoms with Gasteiger partial charge in [-0.25, -0.2) is 0 Å². The molecule has 9 nitrogen and oxygen atoms in total. The van der Waals surface area contributed by atoms with Crippen LogP contribution < -0.4 is 0 Å². The molecular formula is C25H42O9. The van der Waals surface area contributed by atoms with Gasteiger partial charge < -0.3 is 42.6 Å².